The molecule has 1 N–H and O–H groups in total. The number of aromatic amines is 1. The fraction of sp³-hybridized carbons (Fsp3) is 0.188. The lowest BCUT2D eigenvalue weighted by molar-refractivity contribution is 1.05. The minimum absolute atomic E-state index is 0.728. The number of halogens is 1. The van der Waals surface area contributed by atoms with Crippen LogP contribution in [-0.2, 0) is 0 Å². The van der Waals surface area contributed by atoms with Crippen molar-refractivity contribution in [3.8, 4) is 5.69 Å². The van der Waals surface area contributed by atoms with Gasteiger partial charge in [-0.25, -0.2) is 0 Å². The highest BCUT2D eigenvalue weighted by atomic mass is 79.9. The monoisotopic (exact) mass is 346 g/mol. The Bertz CT molecular complexity index is 851. The van der Waals surface area contributed by atoms with Crippen molar-refractivity contribution < 1.29 is 0 Å². The van der Waals surface area contributed by atoms with E-state index in [0.717, 1.165) is 26.0 Å². The van der Waals surface area contributed by atoms with E-state index in [2.05, 4.69) is 76.6 Å². The van der Waals surface area contributed by atoms with Gasteiger partial charge >= 0.3 is 0 Å². The molecule has 1 heterocycles. The van der Waals surface area contributed by atoms with Gasteiger partial charge in [-0.3, -0.25) is 4.57 Å². The number of aromatic nitrogens is 2. The van der Waals surface area contributed by atoms with E-state index >= 15 is 0 Å². The molecule has 0 spiro atoms. The maximum Gasteiger partial charge on any atom is 0.182 e. The topological polar surface area (TPSA) is 20.7 Å². The van der Waals surface area contributed by atoms with Crippen molar-refractivity contribution in [1.82, 2.24) is 9.55 Å². The second-order valence-electron chi connectivity index (χ2n) is 5.18. The summed E-state index contributed by atoms with van der Waals surface area (Å²) in [6, 6.07) is 10.7. The van der Waals surface area contributed by atoms with Gasteiger partial charge < -0.3 is 4.98 Å². The lowest BCUT2D eigenvalue weighted by atomic mass is 10.1. The highest BCUT2D eigenvalue weighted by Crippen LogP contribution is 2.27. The van der Waals surface area contributed by atoms with E-state index in [4.69, 9.17) is 12.2 Å². The average Bonchev–Trinajstić information content (AvgIpc) is 2.70. The van der Waals surface area contributed by atoms with E-state index in [-0.39, 0.29) is 0 Å². The van der Waals surface area contributed by atoms with Crippen molar-refractivity contribution >= 4 is 39.2 Å². The Kier molecular flexibility index (Phi) is 3.30. The van der Waals surface area contributed by atoms with Gasteiger partial charge in [0, 0.05) is 10.2 Å². The zero-order valence-corrected chi connectivity index (χ0v) is 14.0. The van der Waals surface area contributed by atoms with Crippen LogP contribution in [0.1, 0.15) is 16.7 Å². The fourth-order valence-electron chi connectivity index (χ4n) is 2.53. The first-order chi connectivity index (χ1) is 9.47. The molecule has 3 rings (SSSR count). The van der Waals surface area contributed by atoms with Crippen molar-refractivity contribution in [2.24, 2.45) is 0 Å². The molecule has 20 heavy (non-hydrogen) atoms. The average molecular weight is 347 g/mol. The summed E-state index contributed by atoms with van der Waals surface area (Å²) >= 11 is 9.10. The number of hydrogen-bond donors (Lipinski definition) is 1. The molecule has 0 saturated heterocycles. The largest absolute Gasteiger partial charge is 0.330 e. The summed E-state index contributed by atoms with van der Waals surface area (Å²) in [7, 11) is 0. The van der Waals surface area contributed by atoms with Crippen molar-refractivity contribution in [2.75, 3.05) is 0 Å². The number of nitrogens with zero attached hydrogens (tertiary/aromatic N) is 1. The molecule has 0 amide bonds. The molecule has 2 aromatic carbocycles. The quantitative estimate of drug-likeness (QED) is 0.587. The third-order valence-electron chi connectivity index (χ3n) is 3.52. The SMILES string of the molecule is Cc1ccc2c(c1)[nH]c(=S)n2-c1cc(C)c(Br)c(C)c1. The van der Waals surface area contributed by atoms with Crippen molar-refractivity contribution in [1.29, 1.82) is 0 Å². The number of fused-ring (bicyclic) bond motifs is 1. The molecular weight excluding hydrogens is 332 g/mol. The van der Waals surface area contributed by atoms with E-state index in [1.165, 1.54) is 16.7 Å². The molecule has 1 aromatic heterocycles. The molecule has 4 heteroatoms. The van der Waals surface area contributed by atoms with E-state index in [1.807, 2.05) is 0 Å². The Morgan fingerprint density at radius 2 is 1.70 bits per heavy atom. The van der Waals surface area contributed by atoms with Crippen LogP contribution in [0.3, 0.4) is 0 Å². The zero-order chi connectivity index (χ0) is 14.4. The first-order valence-electron chi connectivity index (χ1n) is 6.46. The minimum Gasteiger partial charge on any atom is -0.330 e. The van der Waals surface area contributed by atoms with Crippen LogP contribution in [0.4, 0.5) is 0 Å². The van der Waals surface area contributed by atoms with Crippen molar-refractivity contribution in [3.05, 3.63) is 56.3 Å². The Balaban J connectivity index is 2.35. The molecular formula is C16H15BrN2S. The number of benzene rings is 2. The third kappa shape index (κ3) is 2.13. The number of nitrogens with one attached hydrogen (secondary N) is 1. The van der Waals surface area contributed by atoms with E-state index in [9.17, 15) is 0 Å². The van der Waals surface area contributed by atoms with Crippen LogP contribution >= 0.6 is 28.1 Å². The molecule has 3 aromatic rings. The molecule has 0 radical (unpaired) electrons. The second-order valence-corrected chi connectivity index (χ2v) is 6.36. The molecule has 0 fully saturated rings. The lowest BCUT2D eigenvalue weighted by Crippen LogP contribution is -1.96. The maximum atomic E-state index is 5.49. The van der Waals surface area contributed by atoms with Gasteiger partial charge in [-0.05, 0) is 73.9 Å². The minimum atomic E-state index is 0.728. The maximum absolute atomic E-state index is 5.49. The van der Waals surface area contributed by atoms with Gasteiger partial charge in [-0.1, -0.05) is 22.0 Å². The summed E-state index contributed by atoms with van der Waals surface area (Å²) in [6.07, 6.45) is 0. The van der Waals surface area contributed by atoms with Gasteiger partial charge in [0.05, 0.1) is 11.0 Å². The molecule has 0 unspecified atom stereocenters. The second kappa shape index (κ2) is 4.86. The highest BCUT2D eigenvalue weighted by Gasteiger charge is 2.09. The molecule has 0 saturated carbocycles. The van der Waals surface area contributed by atoms with E-state index in [0.29, 0.717) is 0 Å². The number of aryl methyl sites for hydroxylation is 3. The highest BCUT2D eigenvalue weighted by molar-refractivity contribution is 9.10. The number of imidazole rings is 1. The Hall–Kier alpha value is -1.39. The van der Waals surface area contributed by atoms with Crippen molar-refractivity contribution in [2.45, 2.75) is 20.8 Å². The zero-order valence-electron chi connectivity index (χ0n) is 11.6. The smallest absolute Gasteiger partial charge is 0.182 e. The molecule has 0 aliphatic heterocycles. The first kappa shape index (κ1) is 13.6. The summed E-state index contributed by atoms with van der Waals surface area (Å²) in [5.41, 5.74) is 6.94. The van der Waals surface area contributed by atoms with Crippen LogP contribution < -0.4 is 0 Å². The van der Waals surface area contributed by atoms with E-state index in [1.54, 1.807) is 0 Å². The van der Waals surface area contributed by atoms with Gasteiger partial charge in [-0.15, -0.1) is 0 Å². The number of H-pyrrole nitrogens is 1. The lowest BCUT2D eigenvalue weighted by Gasteiger charge is -2.10. The van der Waals surface area contributed by atoms with Crippen LogP contribution in [0.2, 0.25) is 0 Å². The summed E-state index contributed by atoms with van der Waals surface area (Å²) in [4.78, 5) is 3.29. The fourth-order valence-corrected chi connectivity index (χ4v) is 3.08. The Morgan fingerprint density at radius 1 is 1.05 bits per heavy atom. The normalized spacial score (nSPS) is 11.2. The summed E-state index contributed by atoms with van der Waals surface area (Å²) in [6.45, 7) is 6.29. The van der Waals surface area contributed by atoms with Gasteiger partial charge in [-0.2, -0.15) is 0 Å². The van der Waals surface area contributed by atoms with Gasteiger partial charge in [0.1, 0.15) is 0 Å². The molecule has 102 valence electrons. The Morgan fingerprint density at radius 3 is 2.35 bits per heavy atom. The molecule has 0 bridgehead atoms. The van der Waals surface area contributed by atoms with E-state index < -0.39 is 0 Å². The first-order valence-corrected chi connectivity index (χ1v) is 7.66. The molecule has 2 nitrogen and oxygen atoms in total. The van der Waals surface area contributed by atoms with Crippen LogP contribution in [0.25, 0.3) is 16.7 Å². The standard InChI is InChI=1S/C16H15BrN2S/c1-9-4-5-14-13(6-9)18-16(20)19(14)12-7-10(2)15(17)11(3)8-12/h4-8H,1-3H3,(H,18,20). The predicted octanol–water partition coefficient (Wildman–Crippen LogP) is 5.38. The summed E-state index contributed by atoms with van der Waals surface area (Å²) in [5.74, 6) is 0. The third-order valence-corrected chi connectivity index (χ3v) is 5.05. The van der Waals surface area contributed by atoms with Gasteiger partial charge in [0.25, 0.3) is 0 Å². The molecule has 0 aliphatic rings. The summed E-state index contributed by atoms with van der Waals surface area (Å²) < 4.78 is 3.98. The van der Waals surface area contributed by atoms with Crippen LogP contribution in [0.5, 0.6) is 0 Å². The number of hydrogen-bond acceptors (Lipinski definition) is 1. The molecule has 0 aliphatic carbocycles. The van der Waals surface area contributed by atoms with Crippen LogP contribution in [0, 0.1) is 25.5 Å². The van der Waals surface area contributed by atoms with Crippen LogP contribution in [-0.4, -0.2) is 9.55 Å². The van der Waals surface area contributed by atoms with Crippen LogP contribution in [0.15, 0.2) is 34.8 Å². The van der Waals surface area contributed by atoms with Crippen molar-refractivity contribution in [3.63, 3.8) is 0 Å². The predicted molar refractivity (Wildman–Crippen MR) is 90.4 cm³/mol. The van der Waals surface area contributed by atoms with Gasteiger partial charge in [0.2, 0.25) is 0 Å². The number of rotatable bonds is 1. The van der Waals surface area contributed by atoms with Gasteiger partial charge in [0.15, 0.2) is 4.77 Å². The molecule has 0 atom stereocenters. The Labute approximate surface area is 131 Å². The summed E-state index contributed by atoms with van der Waals surface area (Å²) in [5, 5.41) is 0.